The molecule has 17 nitrogen and oxygen atoms in total. The Hall–Kier alpha value is -1.75. The van der Waals surface area contributed by atoms with Gasteiger partial charge in [0.25, 0.3) is 0 Å². The van der Waals surface area contributed by atoms with Crippen LogP contribution in [0.25, 0.3) is 11.2 Å². The van der Waals surface area contributed by atoms with Crippen molar-refractivity contribution in [2.45, 2.75) is 74.6 Å². The van der Waals surface area contributed by atoms with E-state index < -0.39 is 59.9 Å². The largest absolute Gasteiger partial charge is 0.488 e. The van der Waals surface area contributed by atoms with Gasteiger partial charge in [0.05, 0.1) is 12.9 Å². The van der Waals surface area contributed by atoms with Gasteiger partial charge in [-0.1, -0.05) is 49.6 Å². The minimum Gasteiger partial charge on any atom is -0.382 e. The van der Waals surface area contributed by atoms with Crippen LogP contribution < -0.4 is 5.73 Å². The van der Waals surface area contributed by atoms with Crippen molar-refractivity contribution in [1.82, 2.24) is 19.5 Å². The second-order valence-corrected chi connectivity index (χ2v) is 18.0. The van der Waals surface area contributed by atoms with E-state index in [0.717, 1.165) is 24.8 Å². The summed E-state index contributed by atoms with van der Waals surface area (Å²) in [6.07, 6.45) is 2.78. The monoisotopic (exact) mass is 707 g/mol. The molecule has 2 aliphatic heterocycles. The third-order valence-electron chi connectivity index (χ3n) is 7.46. The van der Waals surface area contributed by atoms with Gasteiger partial charge in [-0.05, 0) is 29.8 Å². The van der Waals surface area contributed by atoms with Crippen LogP contribution in [0.5, 0.6) is 0 Å². The molecule has 0 radical (unpaired) electrons. The predicted octanol–water partition coefficient (Wildman–Crippen LogP) is 4.08. The normalized spacial score (nSPS) is 29.6. The predicted molar refractivity (Wildman–Crippen MR) is 159 cm³/mol. The Morgan fingerprint density at radius 1 is 0.933 bits per heavy atom. The molecule has 1 aliphatic carbocycles. The van der Waals surface area contributed by atoms with Crippen LogP contribution in [0.1, 0.15) is 43.9 Å². The summed E-state index contributed by atoms with van der Waals surface area (Å²) in [6.45, 7) is -5.38. The van der Waals surface area contributed by atoms with Gasteiger partial charge in [0.15, 0.2) is 24.0 Å². The van der Waals surface area contributed by atoms with Crippen molar-refractivity contribution in [3.63, 3.8) is 0 Å². The number of nitrogens with zero attached hydrogens (tertiary/aromatic N) is 4. The lowest BCUT2D eigenvalue weighted by atomic mass is 10.0. The molecular formula is C24H32N5O12P3S. The molecule has 0 amide bonds. The highest BCUT2D eigenvalue weighted by atomic mass is 32.7. The standard InChI is InChI=1S/C24H32N5O12P3S/c25-22-19-23(27-13-26-22)29(14-28-19)24-21-20(38-18(39-21)11-15-7-3-1-4-8-15)17(37-24)12-36-42(30,31)40-43(32,33)41-44(34,35)45-16-9-5-2-6-10-16/h1,3-4,7-8,13-14,16-18,20-21,24H,2,5-6,9-12H2,(H,30,31)(H,32,33)(H,34,35)(H2,25,26,27). The fourth-order valence-corrected chi connectivity index (χ4v) is 12.5. The zero-order chi connectivity index (χ0) is 31.8. The highest BCUT2D eigenvalue weighted by Crippen LogP contribution is 2.72. The van der Waals surface area contributed by atoms with E-state index in [2.05, 4.69) is 23.6 Å². The van der Waals surface area contributed by atoms with Gasteiger partial charge in [0.2, 0.25) is 0 Å². The molecule has 8 unspecified atom stereocenters. The van der Waals surface area contributed by atoms with Gasteiger partial charge in [-0.2, -0.15) is 8.62 Å². The summed E-state index contributed by atoms with van der Waals surface area (Å²) in [5.74, 6) is 0.150. The second-order valence-electron chi connectivity index (χ2n) is 10.7. The third-order valence-corrected chi connectivity index (χ3v) is 14.6. The van der Waals surface area contributed by atoms with E-state index in [4.69, 9.17) is 24.5 Å². The number of nitrogens with two attached hydrogens (primary N) is 1. The SMILES string of the molecule is Nc1ncnc2c1ncn2C1OC(COP(=O)(O)OP(=O)(O)OP(=O)(O)SC2CCCCC2)C2OC(Cc3ccccc3)OC21. The minimum atomic E-state index is -5.53. The molecule has 2 aromatic heterocycles. The molecule has 45 heavy (non-hydrogen) atoms. The van der Waals surface area contributed by atoms with Crippen molar-refractivity contribution in [1.29, 1.82) is 0 Å². The van der Waals surface area contributed by atoms with Crippen LogP contribution in [-0.4, -0.2) is 70.7 Å². The summed E-state index contributed by atoms with van der Waals surface area (Å²) >= 11 is 0.511. The Bertz CT molecular complexity index is 1650. The van der Waals surface area contributed by atoms with E-state index in [0.29, 0.717) is 41.8 Å². The Morgan fingerprint density at radius 2 is 1.67 bits per heavy atom. The van der Waals surface area contributed by atoms with Gasteiger partial charge in [-0.25, -0.2) is 28.6 Å². The number of hydrogen-bond acceptors (Lipinski definition) is 14. The first kappa shape index (κ1) is 33.2. The molecule has 2 saturated heterocycles. The minimum absolute atomic E-state index is 0.150. The Labute approximate surface area is 261 Å². The van der Waals surface area contributed by atoms with Crippen LogP contribution in [0.2, 0.25) is 0 Å². The lowest BCUT2D eigenvalue weighted by molar-refractivity contribution is -0.149. The highest BCUT2D eigenvalue weighted by molar-refractivity contribution is 8.55. The number of phosphoric acid groups is 2. The number of phosphoric ester groups is 1. The van der Waals surface area contributed by atoms with Crippen molar-refractivity contribution >= 4 is 50.8 Å². The van der Waals surface area contributed by atoms with Gasteiger partial charge in [0, 0.05) is 11.7 Å². The fraction of sp³-hybridized carbons (Fsp3) is 0.542. The molecule has 3 aliphatic rings. The van der Waals surface area contributed by atoms with Crippen LogP contribution in [0.4, 0.5) is 5.82 Å². The van der Waals surface area contributed by atoms with Gasteiger partial charge >= 0.3 is 22.4 Å². The Morgan fingerprint density at radius 3 is 2.42 bits per heavy atom. The summed E-state index contributed by atoms with van der Waals surface area (Å²) < 4.78 is 71.5. The van der Waals surface area contributed by atoms with Gasteiger partial charge in [-0.15, -0.1) is 0 Å². The maximum Gasteiger partial charge on any atom is 0.488 e. The molecule has 8 atom stereocenters. The van der Waals surface area contributed by atoms with Gasteiger partial charge in [-0.3, -0.25) is 9.09 Å². The molecule has 21 heteroatoms. The van der Waals surface area contributed by atoms with E-state index in [1.807, 2.05) is 30.3 Å². The zero-order valence-electron chi connectivity index (χ0n) is 23.6. The molecule has 246 valence electrons. The number of ether oxygens (including phenoxy) is 3. The first-order valence-electron chi connectivity index (χ1n) is 14.1. The summed E-state index contributed by atoms with van der Waals surface area (Å²) in [4.78, 5) is 42.9. The summed E-state index contributed by atoms with van der Waals surface area (Å²) in [5, 5.41) is -0.262. The van der Waals surface area contributed by atoms with E-state index in [1.165, 1.54) is 12.7 Å². The molecule has 0 bridgehead atoms. The lowest BCUT2D eigenvalue weighted by Crippen LogP contribution is -2.31. The van der Waals surface area contributed by atoms with Crippen molar-refractivity contribution in [3.8, 4) is 0 Å². The number of hydrogen-bond donors (Lipinski definition) is 4. The van der Waals surface area contributed by atoms with E-state index in [9.17, 15) is 28.4 Å². The summed E-state index contributed by atoms with van der Waals surface area (Å²) in [7, 11) is -10.9. The van der Waals surface area contributed by atoms with E-state index >= 15 is 0 Å². The zero-order valence-corrected chi connectivity index (χ0v) is 27.1. The quantitative estimate of drug-likeness (QED) is 0.194. The molecule has 3 fully saturated rings. The molecule has 5 N–H and O–H groups in total. The topological polar surface area (TPSA) is 237 Å². The van der Waals surface area contributed by atoms with E-state index in [-0.39, 0.29) is 11.1 Å². The van der Waals surface area contributed by atoms with Crippen LogP contribution in [0, 0.1) is 0 Å². The maximum atomic E-state index is 12.7. The van der Waals surface area contributed by atoms with Gasteiger partial charge < -0.3 is 34.6 Å². The first-order chi connectivity index (χ1) is 21.4. The Kier molecular flexibility index (Phi) is 9.87. The number of fused-ring (bicyclic) bond motifs is 2. The van der Waals surface area contributed by atoms with Crippen LogP contribution >= 0.6 is 33.8 Å². The molecule has 1 aromatic carbocycles. The third kappa shape index (κ3) is 8.04. The van der Waals surface area contributed by atoms with Crippen LogP contribution in [-0.2, 0) is 47.5 Å². The molecular weight excluding hydrogens is 675 g/mol. The number of rotatable bonds is 12. The van der Waals surface area contributed by atoms with Crippen molar-refractivity contribution in [2.24, 2.45) is 0 Å². The maximum absolute atomic E-state index is 12.7. The second kappa shape index (κ2) is 13.4. The average Bonchev–Trinajstić information content (AvgIpc) is 3.66. The Balaban J connectivity index is 1.14. The number of benzene rings is 1. The first-order valence-corrected chi connectivity index (χ1v) is 20.1. The lowest BCUT2D eigenvalue weighted by Gasteiger charge is -2.24. The van der Waals surface area contributed by atoms with Crippen molar-refractivity contribution in [3.05, 3.63) is 48.5 Å². The van der Waals surface area contributed by atoms with Crippen LogP contribution in [0.3, 0.4) is 0 Å². The number of imidazole rings is 1. The summed E-state index contributed by atoms with van der Waals surface area (Å²) in [5.41, 5.74) is 7.55. The number of nitrogen functional groups attached to an aromatic ring is 1. The van der Waals surface area contributed by atoms with Crippen LogP contribution in [0.15, 0.2) is 43.0 Å². The molecule has 6 rings (SSSR count). The number of anilines is 1. The average molecular weight is 708 g/mol. The molecule has 3 aromatic rings. The highest BCUT2D eigenvalue weighted by Gasteiger charge is 2.54. The summed E-state index contributed by atoms with van der Waals surface area (Å²) in [6, 6.07) is 9.45. The molecule has 4 heterocycles. The molecule has 0 spiro atoms. The number of aromatic nitrogens is 4. The fourth-order valence-electron chi connectivity index (χ4n) is 5.56. The smallest absolute Gasteiger partial charge is 0.382 e. The van der Waals surface area contributed by atoms with Gasteiger partial charge in [0.1, 0.15) is 30.2 Å². The van der Waals surface area contributed by atoms with E-state index in [1.54, 1.807) is 4.57 Å². The van der Waals surface area contributed by atoms with Crippen molar-refractivity contribution < 1.29 is 55.7 Å². The molecule has 1 saturated carbocycles. The van der Waals surface area contributed by atoms with Crippen molar-refractivity contribution in [2.75, 3.05) is 12.3 Å².